The molecule has 1 aromatic carbocycles. The van der Waals surface area contributed by atoms with Crippen LogP contribution in [0.15, 0.2) is 30.3 Å². The molecule has 0 saturated carbocycles. The van der Waals surface area contributed by atoms with Gasteiger partial charge in [-0.3, -0.25) is 9.59 Å². The van der Waals surface area contributed by atoms with E-state index in [0.717, 1.165) is 16.1 Å². The molecule has 182 valence electrons. The minimum absolute atomic E-state index is 0.134. The Bertz CT molecular complexity index is 853. The van der Waals surface area contributed by atoms with Crippen LogP contribution in [0.5, 0.6) is 0 Å². The maximum atomic E-state index is 13.2. The van der Waals surface area contributed by atoms with Crippen LogP contribution in [0.4, 0.5) is 0 Å². The largest absolute Gasteiger partial charge is 0.390 e. The smallest absolute Gasteiger partial charge is 0.243 e. The lowest BCUT2D eigenvalue weighted by molar-refractivity contribution is -0.132. The molecule has 0 saturated heterocycles. The highest BCUT2D eigenvalue weighted by atomic mass is 32.2. The van der Waals surface area contributed by atoms with E-state index >= 15 is 0 Å². The first kappa shape index (κ1) is 28.0. The van der Waals surface area contributed by atoms with Crippen molar-refractivity contribution < 1.29 is 23.1 Å². The number of hydrogen-bond acceptors (Lipinski definition) is 6. The summed E-state index contributed by atoms with van der Waals surface area (Å²) in [5.74, 6) is -0.728. The van der Waals surface area contributed by atoms with E-state index in [9.17, 15) is 23.1 Å². The Morgan fingerprint density at radius 2 is 1.62 bits per heavy atom. The maximum Gasteiger partial charge on any atom is 0.243 e. The van der Waals surface area contributed by atoms with E-state index in [-0.39, 0.29) is 19.0 Å². The SMILES string of the molecule is CN(C)CC(=O)N[C@H](C(=O)NC(Cc1ccccc1)C(O)CN(C)S(C)(=O)=O)C(C)(C)C. The number of carbonyl (C=O) groups is 2. The lowest BCUT2D eigenvalue weighted by Gasteiger charge is -2.34. The van der Waals surface area contributed by atoms with E-state index in [4.69, 9.17) is 0 Å². The van der Waals surface area contributed by atoms with Crippen LogP contribution in [0.25, 0.3) is 0 Å². The molecule has 2 amide bonds. The van der Waals surface area contributed by atoms with Crippen molar-refractivity contribution >= 4 is 21.8 Å². The molecule has 0 spiro atoms. The summed E-state index contributed by atoms with van der Waals surface area (Å²) in [6, 6.07) is 7.70. The molecule has 3 N–H and O–H groups in total. The summed E-state index contributed by atoms with van der Waals surface area (Å²) >= 11 is 0. The van der Waals surface area contributed by atoms with Crippen LogP contribution >= 0.6 is 0 Å². The number of rotatable bonds is 11. The van der Waals surface area contributed by atoms with E-state index in [1.54, 1.807) is 19.0 Å². The van der Waals surface area contributed by atoms with E-state index in [1.807, 2.05) is 51.1 Å². The zero-order valence-electron chi connectivity index (χ0n) is 20.1. The van der Waals surface area contributed by atoms with Crippen molar-refractivity contribution in [2.45, 2.75) is 45.4 Å². The lowest BCUT2D eigenvalue weighted by atomic mass is 9.85. The van der Waals surface area contributed by atoms with Gasteiger partial charge in [-0.2, -0.15) is 0 Å². The zero-order valence-corrected chi connectivity index (χ0v) is 20.9. The van der Waals surface area contributed by atoms with Crippen molar-refractivity contribution in [3.8, 4) is 0 Å². The van der Waals surface area contributed by atoms with E-state index < -0.39 is 39.5 Å². The summed E-state index contributed by atoms with van der Waals surface area (Å²) in [4.78, 5) is 27.2. The average molecular weight is 471 g/mol. The van der Waals surface area contributed by atoms with E-state index in [0.29, 0.717) is 6.42 Å². The monoisotopic (exact) mass is 470 g/mol. The molecule has 0 radical (unpaired) electrons. The number of hydrogen-bond donors (Lipinski definition) is 3. The van der Waals surface area contributed by atoms with Gasteiger partial charge in [0, 0.05) is 13.6 Å². The summed E-state index contributed by atoms with van der Waals surface area (Å²) in [6.07, 6.45) is 0.200. The molecule has 9 nitrogen and oxygen atoms in total. The summed E-state index contributed by atoms with van der Waals surface area (Å²) < 4.78 is 24.6. The molecule has 2 unspecified atom stereocenters. The molecular weight excluding hydrogens is 432 g/mol. The number of aliphatic hydroxyl groups excluding tert-OH is 1. The van der Waals surface area contributed by atoms with Crippen LogP contribution in [0.1, 0.15) is 26.3 Å². The number of nitrogens with one attached hydrogen (secondary N) is 2. The van der Waals surface area contributed by atoms with Crippen molar-refractivity contribution in [1.82, 2.24) is 19.8 Å². The molecule has 0 aliphatic rings. The van der Waals surface area contributed by atoms with Crippen LogP contribution in [0.3, 0.4) is 0 Å². The highest BCUT2D eigenvalue weighted by Gasteiger charge is 2.35. The predicted molar refractivity (Wildman–Crippen MR) is 125 cm³/mol. The minimum Gasteiger partial charge on any atom is -0.390 e. The second-order valence-corrected chi connectivity index (χ2v) is 11.6. The normalized spacial score (nSPS) is 15.3. The number of likely N-dealkylation sites (N-methyl/N-ethyl adjacent to an activating group) is 2. The Balaban J connectivity index is 3.10. The van der Waals surface area contributed by atoms with Crippen LogP contribution in [-0.4, -0.2) is 93.2 Å². The predicted octanol–water partition coefficient (Wildman–Crippen LogP) is 0.0587. The molecule has 1 aromatic rings. The van der Waals surface area contributed by atoms with Crippen molar-refractivity contribution in [3.63, 3.8) is 0 Å². The van der Waals surface area contributed by atoms with Gasteiger partial charge >= 0.3 is 0 Å². The number of amides is 2. The summed E-state index contributed by atoms with van der Waals surface area (Å²) in [6.45, 7) is 5.48. The fourth-order valence-corrected chi connectivity index (χ4v) is 3.54. The zero-order chi connectivity index (χ0) is 24.7. The van der Waals surface area contributed by atoms with Crippen LogP contribution in [0.2, 0.25) is 0 Å². The molecule has 0 bridgehead atoms. The second kappa shape index (κ2) is 11.7. The molecule has 10 heteroatoms. The Morgan fingerprint density at radius 3 is 2.09 bits per heavy atom. The summed E-state index contributed by atoms with van der Waals surface area (Å²) in [7, 11) is 1.39. The number of aliphatic hydroxyl groups is 1. The maximum absolute atomic E-state index is 13.2. The fourth-order valence-electron chi connectivity index (χ4n) is 3.11. The van der Waals surface area contributed by atoms with E-state index in [1.165, 1.54) is 7.05 Å². The highest BCUT2D eigenvalue weighted by Crippen LogP contribution is 2.20. The average Bonchev–Trinajstić information content (AvgIpc) is 2.64. The quantitative estimate of drug-likeness (QED) is 0.421. The first-order valence-electron chi connectivity index (χ1n) is 10.5. The van der Waals surface area contributed by atoms with Gasteiger partial charge < -0.3 is 20.6 Å². The second-order valence-electron chi connectivity index (χ2n) is 9.52. The van der Waals surface area contributed by atoms with Gasteiger partial charge in [-0.1, -0.05) is 51.1 Å². The summed E-state index contributed by atoms with van der Waals surface area (Å²) in [5, 5.41) is 16.5. The lowest BCUT2D eigenvalue weighted by Crippen LogP contribution is -2.59. The minimum atomic E-state index is -3.50. The molecule has 3 atom stereocenters. The number of carbonyl (C=O) groups excluding carboxylic acids is 2. The van der Waals surface area contributed by atoms with Gasteiger partial charge in [0.25, 0.3) is 0 Å². The van der Waals surface area contributed by atoms with Crippen molar-refractivity contribution in [2.75, 3.05) is 40.5 Å². The molecular formula is C22H38N4O5S. The molecule has 0 aliphatic heterocycles. The van der Waals surface area contributed by atoms with Gasteiger partial charge in [0.15, 0.2) is 0 Å². The third-order valence-electron chi connectivity index (χ3n) is 4.99. The Morgan fingerprint density at radius 1 is 1.06 bits per heavy atom. The number of nitrogens with zero attached hydrogens (tertiary/aromatic N) is 2. The van der Waals surface area contributed by atoms with Gasteiger partial charge in [-0.15, -0.1) is 0 Å². The van der Waals surface area contributed by atoms with Crippen LogP contribution in [0, 0.1) is 5.41 Å². The third kappa shape index (κ3) is 9.64. The first-order chi connectivity index (χ1) is 14.6. The standard InChI is InChI=1S/C22H38N4O5S/c1-22(2,3)20(24-19(28)15-25(4)5)21(29)23-17(13-16-11-9-8-10-12-16)18(27)14-26(6)32(7,30)31/h8-12,17-18,20,27H,13-15H2,1-7H3,(H,23,29)(H,24,28)/t17?,18?,20-/m1/s1. The van der Waals surface area contributed by atoms with Gasteiger partial charge in [0.05, 0.1) is 24.9 Å². The molecule has 0 aliphatic carbocycles. The molecule has 0 heterocycles. The van der Waals surface area contributed by atoms with Gasteiger partial charge in [0.1, 0.15) is 6.04 Å². The molecule has 32 heavy (non-hydrogen) atoms. The van der Waals surface area contributed by atoms with Crippen molar-refractivity contribution in [2.24, 2.45) is 5.41 Å². The Labute approximate surface area is 192 Å². The first-order valence-corrected chi connectivity index (χ1v) is 12.3. The molecule has 0 aromatic heterocycles. The van der Waals surface area contributed by atoms with Crippen LogP contribution in [-0.2, 0) is 26.0 Å². The third-order valence-corrected chi connectivity index (χ3v) is 6.28. The molecule has 1 rings (SSSR count). The van der Waals surface area contributed by atoms with Crippen LogP contribution < -0.4 is 10.6 Å². The van der Waals surface area contributed by atoms with Gasteiger partial charge in [-0.05, 0) is 31.5 Å². The Kier molecular flexibility index (Phi) is 10.3. The number of benzene rings is 1. The van der Waals surface area contributed by atoms with Crippen molar-refractivity contribution in [1.29, 1.82) is 0 Å². The highest BCUT2D eigenvalue weighted by molar-refractivity contribution is 7.88. The van der Waals surface area contributed by atoms with E-state index in [2.05, 4.69) is 10.6 Å². The number of sulfonamides is 1. The van der Waals surface area contributed by atoms with Gasteiger partial charge in [0.2, 0.25) is 21.8 Å². The van der Waals surface area contributed by atoms with Crippen molar-refractivity contribution in [3.05, 3.63) is 35.9 Å². The Hall–Kier alpha value is -2.01. The summed E-state index contributed by atoms with van der Waals surface area (Å²) in [5.41, 5.74) is 0.292. The fraction of sp³-hybridized carbons (Fsp3) is 0.636. The topological polar surface area (TPSA) is 119 Å². The molecule has 0 fully saturated rings. The van der Waals surface area contributed by atoms with Gasteiger partial charge in [-0.25, -0.2) is 12.7 Å².